The molecule has 0 saturated carbocycles. The van der Waals surface area contributed by atoms with Crippen LogP contribution in [0.3, 0.4) is 0 Å². The van der Waals surface area contributed by atoms with Crippen molar-refractivity contribution in [2.75, 3.05) is 6.61 Å². The average molecular weight is 276 g/mol. The zero-order valence-electron chi connectivity index (χ0n) is 10.6. The lowest BCUT2D eigenvalue weighted by atomic mass is 9.80. The predicted molar refractivity (Wildman–Crippen MR) is 73.3 cm³/mol. The van der Waals surface area contributed by atoms with E-state index in [4.69, 9.17) is 22.8 Å². The van der Waals surface area contributed by atoms with Crippen LogP contribution in [0.15, 0.2) is 24.3 Å². The monoisotopic (exact) mass is 275 g/mol. The fourth-order valence-corrected chi connectivity index (χ4v) is 1.94. The van der Waals surface area contributed by atoms with Gasteiger partial charge in [0, 0.05) is 17.9 Å². The molecule has 0 radical (unpaired) electrons. The highest BCUT2D eigenvalue weighted by molar-refractivity contribution is 6.31. The summed E-state index contributed by atoms with van der Waals surface area (Å²) in [5, 5.41) is 9.87. The fourth-order valence-electron chi connectivity index (χ4n) is 1.74. The highest BCUT2D eigenvalue weighted by Gasteiger charge is 2.40. The van der Waals surface area contributed by atoms with Crippen LogP contribution in [0.5, 0.6) is 0 Å². The Balaban J connectivity index is 3.12. The Morgan fingerprint density at radius 1 is 1.53 bits per heavy atom. The number of hydrogen-bond donors (Lipinski definition) is 0. The van der Waals surface area contributed by atoms with Crippen LogP contribution in [0.4, 0.5) is 0 Å². The molecule has 0 heterocycles. The Bertz CT molecular complexity index is 542. The van der Waals surface area contributed by atoms with Crippen molar-refractivity contribution in [1.82, 2.24) is 0 Å². The second-order valence-electron chi connectivity index (χ2n) is 4.06. The summed E-state index contributed by atoms with van der Waals surface area (Å²) in [5.41, 5.74) is -0.676. The molecule has 0 saturated heterocycles. The topological polar surface area (TPSA) is 50.1 Å². The van der Waals surface area contributed by atoms with Crippen LogP contribution in [0.2, 0.25) is 5.02 Å². The van der Waals surface area contributed by atoms with Gasteiger partial charge in [-0.1, -0.05) is 29.8 Å². The maximum atomic E-state index is 12.0. The third-order valence-corrected chi connectivity index (χ3v) is 3.10. The Morgan fingerprint density at radius 3 is 2.74 bits per heavy atom. The Labute approximate surface area is 118 Å². The van der Waals surface area contributed by atoms with E-state index < -0.39 is 11.4 Å². The molecule has 0 aliphatic carbocycles. The van der Waals surface area contributed by atoms with Crippen LogP contribution < -0.4 is 0 Å². The molecular formula is C15H14ClNO2. The highest BCUT2D eigenvalue weighted by Crippen LogP contribution is 2.31. The first kappa shape index (κ1) is 15.1. The number of esters is 1. The number of hydrogen-bond acceptors (Lipinski definition) is 3. The van der Waals surface area contributed by atoms with Gasteiger partial charge in [0.2, 0.25) is 0 Å². The predicted octanol–water partition coefficient (Wildman–Crippen LogP) is 2.98. The van der Waals surface area contributed by atoms with Gasteiger partial charge < -0.3 is 4.74 Å². The number of nitriles is 1. The van der Waals surface area contributed by atoms with Crippen molar-refractivity contribution in [2.24, 2.45) is 5.41 Å². The van der Waals surface area contributed by atoms with Gasteiger partial charge in [-0.15, -0.1) is 12.3 Å². The van der Waals surface area contributed by atoms with E-state index in [2.05, 4.69) is 5.92 Å². The Hall–Kier alpha value is -1.97. The molecule has 0 amide bonds. The molecule has 4 heteroatoms. The summed E-state index contributed by atoms with van der Waals surface area (Å²) in [6.07, 6.45) is 5.41. The van der Waals surface area contributed by atoms with E-state index in [1.165, 1.54) is 0 Å². The summed E-state index contributed by atoms with van der Waals surface area (Å²) >= 11 is 6.06. The Morgan fingerprint density at radius 2 is 2.21 bits per heavy atom. The first-order chi connectivity index (χ1) is 9.09. The molecule has 0 fully saturated rings. The van der Waals surface area contributed by atoms with Crippen LogP contribution in [0, 0.1) is 29.1 Å². The van der Waals surface area contributed by atoms with Gasteiger partial charge in [-0.3, -0.25) is 4.79 Å². The quantitative estimate of drug-likeness (QED) is 0.613. The lowest BCUT2D eigenvalue weighted by molar-refractivity contribution is -0.151. The molecule has 0 bridgehead atoms. The SMILES string of the molecule is C#CCC(C#N)(Cc1ccccc1Cl)C(=O)OCC. The highest BCUT2D eigenvalue weighted by atomic mass is 35.5. The van der Waals surface area contributed by atoms with Crippen molar-refractivity contribution in [3.8, 4) is 18.4 Å². The molecule has 1 aromatic rings. The van der Waals surface area contributed by atoms with Crippen molar-refractivity contribution in [3.05, 3.63) is 34.9 Å². The van der Waals surface area contributed by atoms with Gasteiger partial charge in [-0.25, -0.2) is 0 Å². The van der Waals surface area contributed by atoms with Gasteiger partial charge in [0.05, 0.1) is 12.7 Å². The number of terminal acetylenes is 1. The minimum absolute atomic E-state index is 0.00639. The van der Waals surface area contributed by atoms with Gasteiger partial charge in [0.25, 0.3) is 0 Å². The van der Waals surface area contributed by atoms with Crippen LogP contribution >= 0.6 is 11.6 Å². The fraction of sp³-hybridized carbons (Fsp3) is 0.333. The summed E-state index contributed by atoms with van der Waals surface area (Å²) in [5.74, 6) is 1.77. The van der Waals surface area contributed by atoms with Crippen LogP contribution in [-0.4, -0.2) is 12.6 Å². The van der Waals surface area contributed by atoms with Crippen molar-refractivity contribution in [1.29, 1.82) is 5.26 Å². The molecule has 0 N–H and O–H groups in total. The molecule has 1 rings (SSSR count). The zero-order valence-corrected chi connectivity index (χ0v) is 11.4. The number of rotatable bonds is 5. The third kappa shape index (κ3) is 3.50. The third-order valence-electron chi connectivity index (χ3n) is 2.73. The van der Waals surface area contributed by atoms with E-state index in [1.807, 2.05) is 6.07 Å². The van der Waals surface area contributed by atoms with E-state index in [0.717, 1.165) is 0 Å². The normalized spacial score (nSPS) is 12.8. The molecule has 1 atom stereocenters. The second kappa shape index (κ2) is 6.83. The molecule has 0 aliphatic rings. The molecular weight excluding hydrogens is 262 g/mol. The van der Waals surface area contributed by atoms with Gasteiger partial charge in [0.15, 0.2) is 5.41 Å². The largest absolute Gasteiger partial charge is 0.465 e. The van der Waals surface area contributed by atoms with Crippen molar-refractivity contribution >= 4 is 17.6 Å². The number of carbonyl (C=O) groups excluding carboxylic acids is 1. The smallest absolute Gasteiger partial charge is 0.327 e. The number of benzene rings is 1. The van der Waals surface area contributed by atoms with E-state index in [9.17, 15) is 10.1 Å². The standard InChI is InChI=1S/C15H14ClNO2/c1-3-9-15(11-17,14(18)19-4-2)10-12-7-5-6-8-13(12)16/h1,5-8H,4,9-10H2,2H3. The van der Waals surface area contributed by atoms with Crippen molar-refractivity contribution in [3.63, 3.8) is 0 Å². The molecule has 1 aromatic carbocycles. The van der Waals surface area contributed by atoms with E-state index >= 15 is 0 Å². The Kier molecular flexibility index (Phi) is 5.42. The van der Waals surface area contributed by atoms with Crippen LogP contribution in [0.25, 0.3) is 0 Å². The average Bonchev–Trinajstić information content (AvgIpc) is 2.41. The molecule has 19 heavy (non-hydrogen) atoms. The minimum atomic E-state index is -1.38. The first-order valence-electron chi connectivity index (χ1n) is 5.85. The van der Waals surface area contributed by atoms with Gasteiger partial charge in [-0.2, -0.15) is 5.26 Å². The molecule has 0 aliphatic heterocycles. The maximum absolute atomic E-state index is 12.0. The van der Waals surface area contributed by atoms with E-state index in [0.29, 0.717) is 10.6 Å². The lowest BCUT2D eigenvalue weighted by Crippen LogP contribution is -2.33. The summed E-state index contributed by atoms with van der Waals surface area (Å²) in [6, 6.07) is 9.06. The summed E-state index contributed by atoms with van der Waals surface area (Å²) < 4.78 is 4.96. The molecule has 98 valence electrons. The molecule has 0 spiro atoms. The van der Waals surface area contributed by atoms with Crippen molar-refractivity contribution in [2.45, 2.75) is 19.8 Å². The van der Waals surface area contributed by atoms with E-state index in [1.54, 1.807) is 31.2 Å². The molecule has 1 unspecified atom stereocenters. The number of ether oxygens (including phenoxy) is 1. The number of nitrogens with zero attached hydrogens (tertiary/aromatic N) is 1. The first-order valence-corrected chi connectivity index (χ1v) is 6.22. The van der Waals surface area contributed by atoms with Gasteiger partial charge in [0.1, 0.15) is 0 Å². The second-order valence-corrected chi connectivity index (χ2v) is 4.47. The van der Waals surface area contributed by atoms with Gasteiger partial charge >= 0.3 is 5.97 Å². The van der Waals surface area contributed by atoms with Crippen LogP contribution in [-0.2, 0) is 16.0 Å². The summed E-state index contributed by atoms with van der Waals surface area (Å²) in [6.45, 7) is 1.89. The number of carbonyl (C=O) groups is 1. The van der Waals surface area contributed by atoms with Crippen molar-refractivity contribution < 1.29 is 9.53 Å². The lowest BCUT2D eigenvalue weighted by Gasteiger charge is -2.22. The summed E-state index contributed by atoms with van der Waals surface area (Å²) in [4.78, 5) is 12.0. The zero-order chi connectivity index (χ0) is 14.3. The van der Waals surface area contributed by atoms with Gasteiger partial charge in [-0.05, 0) is 18.6 Å². The van der Waals surface area contributed by atoms with E-state index in [-0.39, 0.29) is 19.4 Å². The maximum Gasteiger partial charge on any atom is 0.327 e. The molecule has 0 aromatic heterocycles. The van der Waals surface area contributed by atoms with Crippen LogP contribution in [0.1, 0.15) is 18.9 Å². The summed E-state index contributed by atoms with van der Waals surface area (Å²) in [7, 11) is 0. The minimum Gasteiger partial charge on any atom is -0.465 e. The number of halogens is 1. The molecule has 3 nitrogen and oxygen atoms in total.